The molecule has 0 spiro atoms. The summed E-state index contributed by atoms with van der Waals surface area (Å²) in [5.41, 5.74) is 1.13. The molecule has 0 fully saturated rings. The van der Waals surface area contributed by atoms with E-state index in [9.17, 15) is 0 Å². The zero-order valence-corrected chi connectivity index (χ0v) is 11.6. The van der Waals surface area contributed by atoms with Crippen LogP contribution in [0.5, 0.6) is 5.75 Å². The molecule has 2 heteroatoms. The second-order valence-electron chi connectivity index (χ2n) is 4.09. The van der Waals surface area contributed by atoms with Crippen molar-refractivity contribution in [2.24, 2.45) is 5.92 Å². The smallest absolute Gasteiger partial charge is 0.122 e. The van der Waals surface area contributed by atoms with Crippen molar-refractivity contribution < 1.29 is 4.74 Å². The summed E-state index contributed by atoms with van der Waals surface area (Å²) in [5, 5.41) is 0.743. The summed E-state index contributed by atoms with van der Waals surface area (Å²) >= 11 is 6.05. The Morgan fingerprint density at radius 3 is 2.65 bits per heavy atom. The van der Waals surface area contributed by atoms with E-state index >= 15 is 0 Å². The number of halogens is 1. The fraction of sp³-hybridized carbons (Fsp3) is 0.467. The molecule has 1 aromatic rings. The first-order chi connectivity index (χ1) is 8.10. The summed E-state index contributed by atoms with van der Waals surface area (Å²) in [7, 11) is 0. The fourth-order valence-electron chi connectivity index (χ4n) is 1.78. The highest BCUT2D eigenvalue weighted by Crippen LogP contribution is 2.33. The topological polar surface area (TPSA) is 9.23 Å². The maximum Gasteiger partial charge on any atom is 0.122 e. The largest absolute Gasteiger partial charge is 0.494 e. The molecule has 0 aliphatic rings. The number of benzene rings is 1. The van der Waals surface area contributed by atoms with Gasteiger partial charge in [-0.05, 0) is 43.5 Å². The van der Waals surface area contributed by atoms with Crippen molar-refractivity contribution >= 4 is 11.6 Å². The normalized spacial score (nSPS) is 13.5. The van der Waals surface area contributed by atoms with Gasteiger partial charge in [0.25, 0.3) is 0 Å². The fourth-order valence-corrected chi connectivity index (χ4v) is 1.96. The maximum absolute atomic E-state index is 6.05. The van der Waals surface area contributed by atoms with Gasteiger partial charge in [-0.1, -0.05) is 31.4 Å². The van der Waals surface area contributed by atoms with Crippen molar-refractivity contribution in [1.82, 2.24) is 0 Å². The van der Waals surface area contributed by atoms with Crippen LogP contribution in [0.1, 0.15) is 39.2 Å². The third kappa shape index (κ3) is 3.68. The average molecular weight is 251 g/mol. The quantitative estimate of drug-likeness (QED) is 0.715. The lowest BCUT2D eigenvalue weighted by molar-refractivity contribution is 0.333. The molecule has 1 rings (SSSR count). The van der Waals surface area contributed by atoms with Crippen LogP contribution in [0, 0.1) is 17.8 Å². The highest BCUT2D eigenvalue weighted by Gasteiger charge is 2.17. The second-order valence-corrected chi connectivity index (χ2v) is 4.52. The Labute approximate surface area is 109 Å². The van der Waals surface area contributed by atoms with Crippen molar-refractivity contribution in [3.8, 4) is 17.6 Å². The van der Waals surface area contributed by atoms with Crippen molar-refractivity contribution in [2.75, 3.05) is 6.61 Å². The van der Waals surface area contributed by atoms with E-state index in [2.05, 4.69) is 25.7 Å². The Balaban J connectivity index is 3.07. The Morgan fingerprint density at radius 1 is 1.35 bits per heavy atom. The van der Waals surface area contributed by atoms with E-state index in [0.29, 0.717) is 12.5 Å². The lowest BCUT2D eigenvalue weighted by atomic mass is 9.88. The van der Waals surface area contributed by atoms with E-state index in [0.717, 1.165) is 16.3 Å². The number of rotatable bonds is 4. The van der Waals surface area contributed by atoms with Gasteiger partial charge in [-0.15, -0.1) is 5.92 Å². The van der Waals surface area contributed by atoms with Crippen molar-refractivity contribution in [3.05, 3.63) is 28.8 Å². The summed E-state index contributed by atoms with van der Waals surface area (Å²) in [6.45, 7) is 8.79. The Hall–Kier alpha value is -1.13. The summed E-state index contributed by atoms with van der Waals surface area (Å²) in [4.78, 5) is 0. The zero-order valence-electron chi connectivity index (χ0n) is 10.9. The standard InChI is InChI=1S/C15H19ClO/c1-5-7-11(3)12(4)14-10-13(16)8-9-15(14)17-6-2/h8-12H,6H2,1-4H3. The Kier molecular flexibility index (Phi) is 5.38. The van der Waals surface area contributed by atoms with E-state index in [1.807, 2.05) is 32.0 Å². The van der Waals surface area contributed by atoms with Crippen LogP contribution in [-0.4, -0.2) is 6.61 Å². The van der Waals surface area contributed by atoms with Crippen LogP contribution in [0.3, 0.4) is 0 Å². The lowest BCUT2D eigenvalue weighted by Crippen LogP contribution is -2.07. The third-order valence-corrected chi connectivity index (χ3v) is 3.12. The molecule has 17 heavy (non-hydrogen) atoms. The van der Waals surface area contributed by atoms with E-state index in [-0.39, 0.29) is 5.92 Å². The van der Waals surface area contributed by atoms with Crippen LogP contribution in [0.2, 0.25) is 5.02 Å². The summed E-state index contributed by atoms with van der Waals surface area (Å²) in [5.74, 6) is 7.65. The number of hydrogen-bond acceptors (Lipinski definition) is 1. The van der Waals surface area contributed by atoms with Gasteiger partial charge in [0, 0.05) is 10.9 Å². The minimum Gasteiger partial charge on any atom is -0.494 e. The Morgan fingerprint density at radius 2 is 2.06 bits per heavy atom. The van der Waals surface area contributed by atoms with Crippen LogP contribution in [0.25, 0.3) is 0 Å². The van der Waals surface area contributed by atoms with Gasteiger partial charge in [-0.2, -0.15) is 0 Å². The molecule has 2 atom stereocenters. The minimum absolute atomic E-state index is 0.290. The second kappa shape index (κ2) is 6.57. The zero-order chi connectivity index (χ0) is 12.8. The lowest BCUT2D eigenvalue weighted by Gasteiger charge is -2.19. The van der Waals surface area contributed by atoms with Gasteiger partial charge in [-0.3, -0.25) is 0 Å². The van der Waals surface area contributed by atoms with Gasteiger partial charge in [0.2, 0.25) is 0 Å². The molecule has 0 N–H and O–H groups in total. The molecule has 0 amide bonds. The summed E-state index contributed by atoms with van der Waals surface area (Å²) in [6, 6.07) is 5.77. The van der Waals surface area contributed by atoms with Gasteiger partial charge in [0.15, 0.2) is 0 Å². The maximum atomic E-state index is 6.05. The molecule has 0 saturated carbocycles. The molecular weight excluding hydrogens is 232 g/mol. The van der Waals surface area contributed by atoms with E-state index in [1.165, 1.54) is 0 Å². The van der Waals surface area contributed by atoms with Gasteiger partial charge in [-0.25, -0.2) is 0 Å². The molecule has 2 unspecified atom stereocenters. The molecule has 0 aromatic heterocycles. The summed E-state index contributed by atoms with van der Waals surface area (Å²) in [6.07, 6.45) is 0. The predicted molar refractivity (Wildman–Crippen MR) is 73.7 cm³/mol. The molecule has 1 aromatic carbocycles. The van der Waals surface area contributed by atoms with Crippen LogP contribution >= 0.6 is 11.6 Å². The highest BCUT2D eigenvalue weighted by molar-refractivity contribution is 6.30. The molecule has 0 aliphatic heterocycles. The van der Waals surface area contributed by atoms with E-state index in [4.69, 9.17) is 16.3 Å². The summed E-state index contributed by atoms with van der Waals surface area (Å²) < 4.78 is 5.63. The first-order valence-electron chi connectivity index (χ1n) is 5.94. The highest BCUT2D eigenvalue weighted by atomic mass is 35.5. The number of ether oxygens (including phenoxy) is 1. The molecule has 0 bridgehead atoms. The first-order valence-corrected chi connectivity index (χ1v) is 6.32. The molecular formula is C15H19ClO. The average Bonchev–Trinajstić information content (AvgIpc) is 2.31. The van der Waals surface area contributed by atoms with Crippen molar-refractivity contribution in [3.63, 3.8) is 0 Å². The van der Waals surface area contributed by atoms with Crippen LogP contribution < -0.4 is 4.74 Å². The SMILES string of the molecule is CC#CC(C)C(C)c1cc(Cl)ccc1OCC. The minimum atomic E-state index is 0.290. The molecule has 0 saturated heterocycles. The molecule has 1 nitrogen and oxygen atoms in total. The first kappa shape index (κ1) is 13.9. The van der Waals surface area contributed by atoms with Crippen molar-refractivity contribution in [1.29, 1.82) is 0 Å². The van der Waals surface area contributed by atoms with Crippen LogP contribution in [0.4, 0.5) is 0 Å². The van der Waals surface area contributed by atoms with E-state index < -0.39 is 0 Å². The monoisotopic (exact) mass is 250 g/mol. The Bertz CT molecular complexity index is 428. The van der Waals surface area contributed by atoms with Crippen LogP contribution in [0.15, 0.2) is 18.2 Å². The molecule has 0 heterocycles. The van der Waals surface area contributed by atoms with Gasteiger partial charge in [0.1, 0.15) is 5.75 Å². The molecule has 0 aliphatic carbocycles. The van der Waals surface area contributed by atoms with Gasteiger partial charge >= 0.3 is 0 Å². The van der Waals surface area contributed by atoms with Gasteiger partial charge < -0.3 is 4.74 Å². The third-order valence-electron chi connectivity index (χ3n) is 2.88. The van der Waals surface area contributed by atoms with Gasteiger partial charge in [0.05, 0.1) is 6.61 Å². The molecule has 0 radical (unpaired) electrons. The van der Waals surface area contributed by atoms with Crippen molar-refractivity contribution in [2.45, 2.75) is 33.6 Å². The number of hydrogen-bond donors (Lipinski definition) is 0. The van der Waals surface area contributed by atoms with E-state index in [1.54, 1.807) is 0 Å². The van der Waals surface area contributed by atoms with Crippen LogP contribution in [-0.2, 0) is 0 Å². The predicted octanol–water partition coefficient (Wildman–Crippen LogP) is 4.50. The molecule has 92 valence electrons.